The molecular weight excluding hydrogens is 388 g/mol. The first-order valence-electron chi connectivity index (χ1n) is 9.59. The minimum absolute atomic E-state index is 0.198. The number of halogens is 1. The third-order valence-electron chi connectivity index (χ3n) is 5.45. The monoisotopic (exact) mass is 408 g/mol. The van der Waals surface area contributed by atoms with E-state index < -0.39 is 5.41 Å². The quantitative estimate of drug-likeness (QED) is 0.676. The summed E-state index contributed by atoms with van der Waals surface area (Å²) in [5, 5.41) is 14.6. The van der Waals surface area contributed by atoms with Gasteiger partial charge in [-0.2, -0.15) is 5.26 Å². The predicted octanol–water partition coefficient (Wildman–Crippen LogP) is 3.08. The number of rotatable bonds is 5. The fraction of sp³-hybridized carbons (Fsp3) is 0.333. The van der Waals surface area contributed by atoms with Crippen LogP contribution in [0.3, 0.4) is 0 Å². The van der Waals surface area contributed by atoms with Crippen molar-refractivity contribution in [2.24, 2.45) is 5.41 Å². The summed E-state index contributed by atoms with van der Waals surface area (Å²) in [6.07, 6.45) is 4.81. The maximum Gasteiger partial charge on any atom is 0.248 e. The van der Waals surface area contributed by atoms with Crippen LogP contribution < -0.4 is 10.2 Å². The van der Waals surface area contributed by atoms with Gasteiger partial charge in [0.05, 0.1) is 11.5 Å². The number of benzene rings is 1. The minimum atomic E-state index is -1.04. The van der Waals surface area contributed by atoms with Crippen molar-refractivity contribution < 1.29 is 4.79 Å². The second-order valence-corrected chi connectivity index (χ2v) is 7.65. The maximum atomic E-state index is 13.7. The largest absolute Gasteiger partial charge is 0.346 e. The highest BCUT2D eigenvalue weighted by Crippen LogP contribution is 2.34. The Labute approximate surface area is 173 Å². The smallest absolute Gasteiger partial charge is 0.248 e. The van der Waals surface area contributed by atoms with Crippen molar-refractivity contribution in [2.75, 3.05) is 24.5 Å². The molecular formula is C21H21ClN6O. The van der Waals surface area contributed by atoms with E-state index in [9.17, 15) is 10.1 Å². The molecule has 0 bridgehead atoms. The molecule has 0 aliphatic carbocycles. The van der Waals surface area contributed by atoms with Gasteiger partial charge in [-0.05, 0) is 56.1 Å². The number of carbonyl (C=O) groups excluding carboxylic acids is 1. The molecule has 1 amide bonds. The summed E-state index contributed by atoms with van der Waals surface area (Å²) in [6.45, 7) is 1.70. The molecule has 0 spiro atoms. The molecule has 0 saturated carbocycles. The number of piperidine rings is 1. The van der Waals surface area contributed by atoms with Gasteiger partial charge in [0.25, 0.3) is 0 Å². The Bertz CT molecular complexity index is 1050. The van der Waals surface area contributed by atoms with Crippen LogP contribution in [0.25, 0.3) is 11.0 Å². The van der Waals surface area contributed by atoms with Gasteiger partial charge < -0.3 is 10.3 Å². The molecule has 7 nitrogen and oxygen atoms in total. The van der Waals surface area contributed by atoms with Gasteiger partial charge in [0.2, 0.25) is 5.91 Å². The summed E-state index contributed by atoms with van der Waals surface area (Å²) in [5.74, 6) is 0.333. The number of H-pyrrole nitrogens is 1. The molecule has 0 atom stereocenters. The van der Waals surface area contributed by atoms with Crippen LogP contribution >= 0.6 is 11.6 Å². The lowest BCUT2D eigenvalue weighted by atomic mass is 9.79. The highest BCUT2D eigenvalue weighted by Gasteiger charge is 2.43. The predicted molar refractivity (Wildman–Crippen MR) is 112 cm³/mol. The van der Waals surface area contributed by atoms with Crippen LogP contribution in [-0.4, -0.2) is 40.5 Å². The van der Waals surface area contributed by atoms with E-state index in [1.54, 1.807) is 11.1 Å². The lowest BCUT2D eigenvalue weighted by Crippen LogP contribution is -2.49. The van der Waals surface area contributed by atoms with Gasteiger partial charge in [0.1, 0.15) is 23.2 Å². The van der Waals surface area contributed by atoms with Gasteiger partial charge in [-0.1, -0.05) is 23.7 Å². The molecule has 148 valence electrons. The summed E-state index contributed by atoms with van der Waals surface area (Å²) < 4.78 is 0. The first kappa shape index (κ1) is 19.4. The molecule has 4 rings (SSSR count). The van der Waals surface area contributed by atoms with Gasteiger partial charge in [-0.15, -0.1) is 0 Å². The van der Waals surface area contributed by atoms with Crippen LogP contribution in [-0.2, 0) is 11.2 Å². The lowest BCUT2D eigenvalue weighted by molar-refractivity contribution is -0.126. The summed E-state index contributed by atoms with van der Waals surface area (Å²) in [6, 6.07) is 11.7. The van der Waals surface area contributed by atoms with E-state index in [2.05, 4.69) is 26.3 Å². The zero-order chi connectivity index (χ0) is 20.3. The number of anilines is 1. The third kappa shape index (κ3) is 3.82. The molecule has 2 aromatic heterocycles. The summed E-state index contributed by atoms with van der Waals surface area (Å²) in [5.41, 5.74) is 0.678. The zero-order valence-corrected chi connectivity index (χ0v) is 16.6. The second-order valence-electron chi connectivity index (χ2n) is 7.21. The van der Waals surface area contributed by atoms with Crippen LogP contribution in [0.4, 0.5) is 5.82 Å². The summed E-state index contributed by atoms with van der Waals surface area (Å²) in [4.78, 5) is 27.0. The van der Waals surface area contributed by atoms with E-state index in [0.29, 0.717) is 55.4 Å². The Hall–Kier alpha value is -2.95. The van der Waals surface area contributed by atoms with Crippen molar-refractivity contribution in [1.82, 2.24) is 20.3 Å². The fourth-order valence-corrected chi connectivity index (χ4v) is 3.88. The Morgan fingerprint density at radius 3 is 2.69 bits per heavy atom. The van der Waals surface area contributed by atoms with Crippen molar-refractivity contribution in [3.8, 4) is 6.07 Å². The molecule has 1 fully saturated rings. The Morgan fingerprint density at radius 1 is 1.21 bits per heavy atom. The molecule has 1 aliphatic rings. The zero-order valence-electron chi connectivity index (χ0n) is 15.9. The number of fused-ring (bicyclic) bond motifs is 1. The van der Waals surface area contributed by atoms with Gasteiger partial charge in [0, 0.05) is 17.8 Å². The van der Waals surface area contributed by atoms with Crippen LogP contribution in [0.5, 0.6) is 0 Å². The van der Waals surface area contributed by atoms with E-state index in [1.807, 2.05) is 30.3 Å². The average Bonchev–Trinajstić information content (AvgIpc) is 3.25. The van der Waals surface area contributed by atoms with Gasteiger partial charge >= 0.3 is 0 Å². The Kier molecular flexibility index (Phi) is 5.47. The number of aromatic nitrogens is 3. The summed E-state index contributed by atoms with van der Waals surface area (Å²) in [7, 11) is 0. The molecule has 3 heterocycles. The number of nitriles is 1. The molecule has 2 N–H and O–H groups in total. The number of hydrogen-bond donors (Lipinski definition) is 2. The normalized spacial score (nSPS) is 15.7. The van der Waals surface area contributed by atoms with E-state index in [1.165, 1.54) is 6.33 Å². The van der Waals surface area contributed by atoms with Crippen molar-refractivity contribution in [1.29, 1.82) is 5.26 Å². The molecule has 8 heteroatoms. The molecule has 1 aliphatic heterocycles. The number of nitrogens with zero attached hydrogens (tertiary/aromatic N) is 4. The van der Waals surface area contributed by atoms with Crippen LogP contribution in [0.2, 0.25) is 5.02 Å². The standard InChI is InChI=1S/C21H21ClN6O/c22-16-3-1-15(2-4-16)6-12-28(19-17-5-9-25-18(17)26-14-27-19)20(29)21(13-23)7-10-24-11-8-21/h1-5,9,14,24H,6-8,10-12H2,(H,25,26,27). The van der Waals surface area contributed by atoms with Gasteiger partial charge in [-0.3, -0.25) is 9.69 Å². The van der Waals surface area contributed by atoms with E-state index in [0.717, 1.165) is 10.9 Å². The van der Waals surface area contributed by atoms with E-state index >= 15 is 0 Å². The number of hydrogen-bond acceptors (Lipinski definition) is 5. The van der Waals surface area contributed by atoms with Crippen LogP contribution in [0, 0.1) is 16.7 Å². The highest BCUT2D eigenvalue weighted by atomic mass is 35.5. The van der Waals surface area contributed by atoms with Crippen LogP contribution in [0.1, 0.15) is 18.4 Å². The van der Waals surface area contributed by atoms with Crippen molar-refractivity contribution in [2.45, 2.75) is 19.3 Å². The number of aromatic amines is 1. The Balaban J connectivity index is 1.70. The number of nitrogens with one attached hydrogen (secondary N) is 2. The highest BCUT2D eigenvalue weighted by molar-refractivity contribution is 6.30. The minimum Gasteiger partial charge on any atom is -0.346 e. The molecule has 29 heavy (non-hydrogen) atoms. The molecule has 1 aromatic carbocycles. The summed E-state index contributed by atoms with van der Waals surface area (Å²) >= 11 is 5.99. The van der Waals surface area contributed by atoms with E-state index in [4.69, 9.17) is 11.6 Å². The number of amides is 1. The number of carbonyl (C=O) groups is 1. The average molecular weight is 409 g/mol. The second kappa shape index (κ2) is 8.19. The van der Waals surface area contributed by atoms with Crippen LogP contribution in [0.15, 0.2) is 42.9 Å². The third-order valence-corrected chi connectivity index (χ3v) is 5.70. The maximum absolute atomic E-state index is 13.7. The van der Waals surface area contributed by atoms with Gasteiger partial charge in [-0.25, -0.2) is 9.97 Å². The molecule has 3 aromatic rings. The fourth-order valence-electron chi connectivity index (χ4n) is 3.75. The van der Waals surface area contributed by atoms with Crippen molar-refractivity contribution in [3.63, 3.8) is 0 Å². The van der Waals surface area contributed by atoms with E-state index in [-0.39, 0.29) is 5.91 Å². The SMILES string of the molecule is N#CC1(C(=O)N(CCc2ccc(Cl)cc2)c2ncnc3[nH]ccc23)CCNCC1. The molecule has 0 radical (unpaired) electrons. The van der Waals surface area contributed by atoms with Gasteiger partial charge in [0.15, 0.2) is 0 Å². The molecule has 0 unspecified atom stereocenters. The first-order valence-corrected chi connectivity index (χ1v) is 9.97. The van der Waals surface area contributed by atoms with Crippen molar-refractivity contribution in [3.05, 3.63) is 53.4 Å². The Morgan fingerprint density at radius 2 is 1.97 bits per heavy atom. The van der Waals surface area contributed by atoms with Crippen molar-refractivity contribution >= 4 is 34.4 Å². The topological polar surface area (TPSA) is 97.7 Å². The lowest BCUT2D eigenvalue weighted by Gasteiger charge is -2.35. The first-order chi connectivity index (χ1) is 14.1. The molecule has 1 saturated heterocycles.